The van der Waals surface area contributed by atoms with E-state index in [1.54, 1.807) is 31.3 Å². The Balaban J connectivity index is 1.18. The molecule has 4 heterocycles. The van der Waals surface area contributed by atoms with Gasteiger partial charge in [0.2, 0.25) is 0 Å². The highest BCUT2D eigenvalue weighted by Crippen LogP contribution is 2.47. The number of ether oxygens (including phenoxy) is 1. The van der Waals surface area contributed by atoms with Gasteiger partial charge in [0, 0.05) is 37.9 Å². The van der Waals surface area contributed by atoms with Crippen molar-refractivity contribution in [3.05, 3.63) is 76.4 Å². The van der Waals surface area contributed by atoms with E-state index in [2.05, 4.69) is 10.2 Å². The average molecular weight is 572 g/mol. The Labute approximate surface area is 233 Å². The van der Waals surface area contributed by atoms with E-state index in [4.69, 9.17) is 4.74 Å². The molecule has 2 saturated heterocycles. The number of hydrogen-bond acceptors (Lipinski definition) is 6. The number of fused-ring (bicyclic) bond motifs is 1. The van der Waals surface area contributed by atoms with Gasteiger partial charge in [-0.3, -0.25) is 9.69 Å². The maximum absolute atomic E-state index is 15.8. The predicted octanol–water partition coefficient (Wildman–Crippen LogP) is 3.93. The van der Waals surface area contributed by atoms with E-state index in [-0.39, 0.29) is 49.2 Å². The molecule has 0 radical (unpaired) electrons. The molecule has 4 aliphatic rings. The van der Waals surface area contributed by atoms with Gasteiger partial charge >= 0.3 is 6.18 Å². The zero-order valence-electron chi connectivity index (χ0n) is 22.4. The number of amides is 1. The van der Waals surface area contributed by atoms with Gasteiger partial charge in [-0.2, -0.15) is 13.2 Å². The van der Waals surface area contributed by atoms with Crippen LogP contribution in [0, 0.1) is 5.92 Å². The Morgan fingerprint density at radius 2 is 1.93 bits per heavy atom. The van der Waals surface area contributed by atoms with E-state index in [1.807, 2.05) is 4.90 Å². The zero-order valence-corrected chi connectivity index (χ0v) is 22.4. The highest BCUT2D eigenvalue weighted by molar-refractivity contribution is 6.10. The smallest absolute Gasteiger partial charge is 0.387 e. The fourth-order valence-electron chi connectivity index (χ4n) is 6.53. The number of carbonyl (C=O) groups is 1. The molecule has 41 heavy (non-hydrogen) atoms. The maximum Gasteiger partial charge on any atom is 0.416 e. The first-order valence-corrected chi connectivity index (χ1v) is 13.6. The second kappa shape index (κ2) is 9.07. The lowest BCUT2D eigenvalue weighted by Crippen LogP contribution is -2.62. The fraction of sp³-hybridized carbons (Fsp3) is 0.483. The summed E-state index contributed by atoms with van der Waals surface area (Å²) < 4.78 is 65.4. The van der Waals surface area contributed by atoms with Crippen LogP contribution in [-0.4, -0.2) is 62.6 Å². The van der Waals surface area contributed by atoms with Crippen molar-refractivity contribution < 1.29 is 32.2 Å². The fourth-order valence-corrected chi connectivity index (χ4v) is 6.53. The summed E-state index contributed by atoms with van der Waals surface area (Å²) in [7, 11) is 1.65. The number of hydrogen-bond donors (Lipinski definition) is 1. The Kier molecular flexibility index (Phi) is 5.87. The molecule has 1 aromatic heterocycles. The number of nitrogens with zero attached hydrogens (tertiary/aromatic N) is 5. The van der Waals surface area contributed by atoms with Gasteiger partial charge in [0.15, 0.2) is 12.0 Å². The van der Waals surface area contributed by atoms with Crippen LogP contribution < -0.4 is 4.90 Å². The van der Waals surface area contributed by atoms with Crippen LogP contribution in [0.3, 0.4) is 0 Å². The first-order valence-electron chi connectivity index (χ1n) is 13.6. The van der Waals surface area contributed by atoms with Crippen LogP contribution in [0.2, 0.25) is 0 Å². The van der Waals surface area contributed by atoms with Crippen molar-refractivity contribution in [3.63, 3.8) is 0 Å². The minimum absolute atomic E-state index is 0.0161. The van der Waals surface area contributed by atoms with Gasteiger partial charge < -0.3 is 19.3 Å². The highest BCUT2D eigenvalue weighted by atomic mass is 19.4. The quantitative estimate of drug-likeness (QED) is 0.433. The van der Waals surface area contributed by atoms with E-state index in [9.17, 15) is 23.1 Å². The zero-order chi connectivity index (χ0) is 28.7. The number of alkyl halides is 4. The minimum atomic E-state index is -4.65. The number of likely N-dealkylation sites (tertiary alicyclic amines) is 1. The van der Waals surface area contributed by atoms with Crippen molar-refractivity contribution in [1.82, 2.24) is 19.7 Å². The lowest BCUT2D eigenvalue weighted by molar-refractivity contribution is -0.138. The van der Waals surface area contributed by atoms with E-state index < -0.39 is 34.8 Å². The van der Waals surface area contributed by atoms with E-state index in [1.165, 1.54) is 21.9 Å². The number of β-amino-alcohol motifs (C(OH)–C–C–N with tert-alkyl or cyclic N) is 1. The van der Waals surface area contributed by atoms with Crippen LogP contribution in [0.15, 0.2) is 42.7 Å². The van der Waals surface area contributed by atoms with Crippen molar-refractivity contribution in [2.75, 3.05) is 31.2 Å². The van der Waals surface area contributed by atoms with Crippen molar-refractivity contribution >= 4 is 11.6 Å². The summed E-state index contributed by atoms with van der Waals surface area (Å²) in [5, 5.41) is 18.3. The van der Waals surface area contributed by atoms with Crippen LogP contribution in [0.1, 0.15) is 57.4 Å². The Morgan fingerprint density at radius 3 is 2.54 bits per heavy atom. The molecule has 3 fully saturated rings. The number of carbonyl (C=O) groups excluding carboxylic acids is 1. The second-order valence-electron chi connectivity index (χ2n) is 11.9. The van der Waals surface area contributed by atoms with Crippen LogP contribution in [-0.2, 0) is 36.5 Å². The molecule has 1 aliphatic carbocycles. The molecule has 3 aromatic rings. The largest absolute Gasteiger partial charge is 0.416 e. The molecule has 7 rings (SSSR count). The van der Waals surface area contributed by atoms with Crippen molar-refractivity contribution in [1.29, 1.82) is 0 Å². The lowest BCUT2D eigenvalue weighted by atomic mass is 9.74. The first kappa shape index (κ1) is 26.5. The second-order valence-corrected chi connectivity index (χ2v) is 11.9. The molecule has 1 atom stereocenters. The van der Waals surface area contributed by atoms with E-state index in [0.717, 1.165) is 18.9 Å². The Bertz CT molecular complexity index is 1520. The van der Waals surface area contributed by atoms with Crippen LogP contribution in [0.4, 0.5) is 23.2 Å². The number of aromatic nitrogens is 3. The number of anilines is 1. The molecular formula is C29H29F4N5O3. The number of aryl methyl sites for hydroxylation is 1. The SMILES string of the molecule is Cn1cnnc1[C@H](F)C1(c2cccc(N3Cc4c(cc(CN5CC(O)(C6CC6)C5)cc4C(F)(F)F)C3=O)c2)COC1. The third-order valence-corrected chi connectivity index (χ3v) is 9.06. The van der Waals surface area contributed by atoms with Gasteiger partial charge in [-0.05, 0) is 59.7 Å². The number of halogens is 4. The van der Waals surface area contributed by atoms with Crippen LogP contribution >= 0.6 is 0 Å². The standard InChI is InChI=1S/C29H29F4N5O3/c1-36-16-34-35-25(36)24(30)27(14-41-15-27)19-3-2-4-20(9-19)38-11-22-21(26(38)39)7-17(8-23(22)29(31,32)33)10-37-12-28(40,13-37)18-5-6-18/h2-4,7-9,16,18,24,40H,5-6,10-15H2,1H3/t24-/m0/s1. The summed E-state index contributed by atoms with van der Waals surface area (Å²) in [6.07, 6.45) is -2.81. The average Bonchev–Trinajstić information content (AvgIpc) is 3.58. The molecule has 3 aliphatic heterocycles. The summed E-state index contributed by atoms with van der Waals surface area (Å²) in [5.74, 6) is -0.121. The summed E-state index contributed by atoms with van der Waals surface area (Å²) in [6.45, 7) is 0.982. The third-order valence-electron chi connectivity index (χ3n) is 9.06. The van der Waals surface area contributed by atoms with Crippen molar-refractivity contribution in [3.8, 4) is 0 Å². The molecule has 0 spiro atoms. The van der Waals surface area contributed by atoms with Gasteiger partial charge in [-0.25, -0.2) is 4.39 Å². The van der Waals surface area contributed by atoms with Gasteiger partial charge in [0.1, 0.15) is 6.33 Å². The van der Waals surface area contributed by atoms with Gasteiger partial charge in [-0.15, -0.1) is 10.2 Å². The van der Waals surface area contributed by atoms with E-state index in [0.29, 0.717) is 29.9 Å². The van der Waals surface area contributed by atoms with Gasteiger partial charge in [0.05, 0.1) is 36.3 Å². The topological polar surface area (TPSA) is 83.7 Å². The molecule has 8 nitrogen and oxygen atoms in total. The van der Waals surface area contributed by atoms with E-state index >= 15 is 4.39 Å². The molecule has 0 unspecified atom stereocenters. The normalized spacial score (nSPS) is 22.3. The highest BCUT2D eigenvalue weighted by Gasteiger charge is 2.52. The van der Waals surface area contributed by atoms with Crippen molar-refractivity contribution in [2.24, 2.45) is 13.0 Å². The Hall–Kier alpha value is -3.35. The minimum Gasteiger partial charge on any atom is -0.387 e. The summed E-state index contributed by atoms with van der Waals surface area (Å²) in [6, 6.07) is 9.36. The molecule has 2 aromatic carbocycles. The molecule has 0 bridgehead atoms. The number of rotatable bonds is 7. The number of benzene rings is 2. The molecule has 1 saturated carbocycles. The monoisotopic (exact) mass is 571 g/mol. The van der Waals surface area contributed by atoms with Crippen molar-refractivity contribution in [2.45, 2.75) is 49.3 Å². The molecule has 1 N–H and O–H groups in total. The summed E-state index contributed by atoms with van der Waals surface area (Å²) in [4.78, 5) is 16.8. The number of aliphatic hydroxyl groups is 1. The first-order chi connectivity index (χ1) is 19.5. The molecule has 12 heteroatoms. The molecule has 216 valence electrons. The molecular weight excluding hydrogens is 542 g/mol. The predicted molar refractivity (Wildman–Crippen MR) is 139 cm³/mol. The van der Waals surface area contributed by atoms with Crippen LogP contribution in [0.5, 0.6) is 0 Å². The Morgan fingerprint density at radius 1 is 1.17 bits per heavy atom. The maximum atomic E-state index is 15.8. The summed E-state index contributed by atoms with van der Waals surface area (Å²) in [5.41, 5.74) is -1.37. The summed E-state index contributed by atoms with van der Waals surface area (Å²) >= 11 is 0. The van der Waals surface area contributed by atoms with Crippen LogP contribution in [0.25, 0.3) is 0 Å². The molecule has 1 amide bonds. The lowest BCUT2D eigenvalue weighted by Gasteiger charge is -2.47. The van der Waals surface area contributed by atoms with Gasteiger partial charge in [-0.1, -0.05) is 12.1 Å². The van der Waals surface area contributed by atoms with Gasteiger partial charge in [0.25, 0.3) is 5.91 Å². The third kappa shape index (κ3) is 4.26.